The van der Waals surface area contributed by atoms with Crippen LogP contribution in [0.3, 0.4) is 0 Å². The number of hydrogen-bond acceptors (Lipinski definition) is 3. The van der Waals surface area contributed by atoms with Crippen molar-refractivity contribution >= 4 is 29.9 Å². The number of halogens is 1. The number of morpholine rings is 1. The Hall–Kier alpha value is -0.860. The van der Waals surface area contributed by atoms with Crippen LogP contribution in [0.4, 0.5) is 0 Å². The number of hydrogen-bond donors (Lipinski definition) is 2. The van der Waals surface area contributed by atoms with Gasteiger partial charge in [0.25, 0.3) is 0 Å². The molecule has 0 bridgehead atoms. The number of guanidine groups is 1. The first-order valence-corrected chi connectivity index (χ1v) is 8.65. The lowest BCUT2D eigenvalue weighted by Crippen LogP contribution is -2.40. The molecule has 0 amide bonds. The average molecular weight is 446 g/mol. The maximum atomic E-state index is 5.61. The zero-order valence-corrected chi connectivity index (χ0v) is 17.4. The fourth-order valence-electron chi connectivity index (χ4n) is 2.80. The quantitative estimate of drug-likeness (QED) is 0.401. The fraction of sp³-hybridized carbons (Fsp3) is 0.611. The molecule has 1 heterocycles. The largest absolute Gasteiger partial charge is 0.376 e. The normalized spacial score (nSPS) is 17.7. The molecule has 1 aliphatic heterocycles. The summed E-state index contributed by atoms with van der Waals surface area (Å²) in [7, 11) is 0. The lowest BCUT2D eigenvalue weighted by molar-refractivity contribution is -0.0212. The second-order valence-electron chi connectivity index (χ2n) is 5.96. The maximum absolute atomic E-state index is 5.61. The molecule has 0 radical (unpaired) electrons. The molecule has 1 saturated heterocycles. The van der Waals surface area contributed by atoms with E-state index in [-0.39, 0.29) is 24.0 Å². The molecule has 1 fully saturated rings. The van der Waals surface area contributed by atoms with Crippen LogP contribution >= 0.6 is 24.0 Å². The smallest absolute Gasteiger partial charge is 0.191 e. The Morgan fingerprint density at radius 2 is 1.96 bits per heavy atom. The van der Waals surface area contributed by atoms with Gasteiger partial charge in [-0.25, -0.2) is 4.99 Å². The van der Waals surface area contributed by atoms with Gasteiger partial charge in [0.2, 0.25) is 0 Å². The zero-order valence-electron chi connectivity index (χ0n) is 15.0. The summed E-state index contributed by atoms with van der Waals surface area (Å²) in [6.45, 7) is 12.6. The van der Waals surface area contributed by atoms with Gasteiger partial charge in [0.1, 0.15) is 0 Å². The van der Waals surface area contributed by atoms with Crippen LogP contribution in [0.5, 0.6) is 0 Å². The van der Waals surface area contributed by atoms with Gasteiger partial charge < -0.3 is 15.4 Å². The molecule has 0 spiro atoms. The molecule has 5 nitrogen and oxygen atoms in total. The first-order valence-electron chi connectivity index (χ1n) is 8.65. The van der Waals surface area contributed by atoms with Crippen molar-refractivity contribution in [1.29, 1.82) is 0 Å². The molecule has 1 unspecified atom stereocenters. The van der Waals surface area contributed by atoms with Crippen LogP contribution in [-0.4, -0.2) is 49.7 Å². The molecule has 2 N–H and O–H groups in total. The molecule has 0 aliphatic carbocycles. The van der Waals surface area contributed by atoms with Crippen LogP contribution in [0.1, 0.15) is 31.9 Å². The first-order chi connectivity index (χ1) is 11.2. The molecule has 6 heteroatoms. The van der Waals surface area contributed by atoms with Crippen molar-refractivity contribution in [3.05, 3.63) is 35.4 Å². The topological polar surface area (TPSA) is 48.9 Å². The number of nitrogens with zero attached hydrogens (tertiary/aromatic N) is 2. The minimum Gasteiger partial charge on any atom is -0.376 e. The van der Waals surface area contributed by atoms with E-state index >= 15 is 0 Å². The number of ether oxygens (including phenoxy) is 1. The van der Waals surface area contributed by atoms with Gasteiger partial charge in [0, 0.05) is 32.7 Å². The highest BCUT2D eigenvalue weighted by atomic mass is 127. The van der Waals surface area contributed by atoms with Crippen LogP contribution in [0.2, 0.25) is 0 Å². The standard InChI is InChI=1S/C18H30N4O.HI/c1-4-19-18(20-5-2)21-12-16-7-6-8-17(11-16)14-22-9-10-23-15(3)13-22;/h6-8,11,15H,4-5,9-10,12-14H2,1-3H3,(H2,19,20,21);1H. The highest BCUT2D eigenvalue weighted by Crippen LogP contribution is 2.12. The third-order valence-electron chi connectivity index (χ3n) is 3.83. The van der Waals surface area contributed by atoms with Crippen molar-refractivity contribution in [2.75, 3.05) is 32.8 Å². The van der Waals surface area contributed by atoms with E-state index in [9.17, 15) is 0 Å². The Morgan fingerprint density at radius 3 is 2.62 bits per heavy atom. The van der Waals surface area contributed by atoms with E-state index in [1.54, 1.807) is 0 Å². The predicted octanol–water partition coefficient (Wildman–Crippen LogP) is 2.60. The number of aliphatic imine (C=N–C) groups is 1. The van der Waals surface area contributed by atoms with E-state index in [2.05, 4.69) is 65.6 Å². The summed E-state index contributed by atoms with van der Waals surface area (Å²) in [6.07, 6.45) is 0.333. The minimum atomic E-state index is 0. The van der Waals surface area contributed by atoms with E-state index in [1.165, 1.54) is 11.1 Å². The molecule has 1 aromatic rings. The van der Waals surface area contributed by atoms with E-state index in [1.807, 2.05) is 0 Å². The molecule has 0 saturated carbocycles. The Balaban J connectivity index is 0.00000288. The molecular formula is C18H31IN4O. The number of rotatable bonds is 6. The van der Waals surface area contributed by atoms with E-state index in [0.717, 1.165) is 45.3 Å². The van der Waals surface area contributed by atoms with Crippen LogP contribution in [0.25, 0.3) is 0 Å². The van der Waals surface area contributed by atoms with Gasteiger partial charge in [0.05, 0.1) is 19.3 Å². The van der Waals surface area contributed by atoms with Gasteiger partial charge in [-0.3, -0.25) is 4.90 Å². The molecule has 24 heavy (non-hydrogen) atoms. The molecule has 136 valence electrons. The summed E-state index contributed by atoms with van der Waals surface area (Å²) in [4.78, 5) is 7.09. The average Bonchev–Trinajstić information content (AvgIpc) is 2.53. The monoisotopic (exact) mass is 446 g/mol. The Morgan fingerprint density at radius 1 is 1.25 bits per heavy atom. The van der Waals surface area contributed by atoms with Crippen molar-refractivity contribution in [1.82, 2.24) is 15.5 Å². The molecular weight excluding hydrogens is 415 g/mol. The third-order valence-corrected chi connectivity index (χ3v) is 3.83. The van der Waals surface area contributed by atoms with Crippen molar-refractivity contribution in [3.63, 3.8) is 0 Å². The van der Waals surface area contributed by atoms with Crippen LogP contribution in [0, 0.1) is 0 Å². The maximum Gasteiger partial charge on any atom is 0.191 e. The van der Waals surface area contributed by atoms with Crippen molar-refractivity contribution in [3.8, 4) is 0 Å². The van der Waals surface area contributed by atoms with Crippen LogP contribution in [-0.2, 0) is 17.8 Å². The third kappa shape index (κ3) is 7.36. The predicted molar refractivity (Wildman–Crippen MR) is 111 cm³/mol. The minimum absolute atomic E-state index is 0. The van der Waals surface area contributed by atoms with Crippen LogP contribution in [0.15, 0.2) is 29.3 Å². The summed E-state index contributed by atoms with van der Waals surface area (Å²) < 4.78 is 5.61. The second kappa shape index (κ2) is 11.7. The van der Waals surface area contributed by atoms with Gasteiger partial charge in [-0.1, -0.05) is 24.3 Å². The summed E-state index contributed by atoms with van der Waals surface area (Å²) >= 11 is 0. The van der Waals surface area contributed by atoms with Gasteiger partial charge in [0.15, 0.2) is 5.96 Å². The second-order valence-corrected chi connectivity index (χ2v) is 5.96. The Labute approximate surface area is 163 Å². The summed E-state index contributed by atoms with van der Waals surface area (Å²) in [5.74, 6) is 0.877. The first kappa shape index (κ1) is 21.2. The van der Waals surface area contributed by atoms with E-state index in [0.29, 0.717) is 12.6 Å². The zero-order chi connectivity index (χ0) is 16.5. The van der Waals surface area contributed by atoms with E-state index in [4.69, 9.17) is 4.74 Å². The van der Waals surface area contributed by atoms with Crippen molar-refractivity contribution < 1.29 is 4.74 Å². The van der Waals surface area contributed by atoms with Gasteiger partial charge >= 0.3 is 0 Å². The summed E-state index contributed by atoms with van der Waals surface area (Å²) in [5.41, 5.74) is 2.59. The molecule has 1 atom stereocenters. The van der Waals surface area contributed by atoms with Gasteiger partial charge in [-0.05, 0) is 31.9 Å². The molecule has 1 aliphatic rings. The van der Waals surface area contributed by atoms with E-state index < -0.39 is 0 Å². The Kier molecular flexibility index (Phi) is 10.3. The summed E-state index contributed by atoms with van der Waals surface area (Å²) in [6, 6.07) is 8.73. The van der Waals surface area contributed by atoms with Crippen molar-refractivity contribution in [2.24, 2.45) is 4.99 Å². The molecule has 2 rings (SSSR count). The Bertz CT molecular complexity index is 502. The summed E-state index contributed by atoms with van der Waals surface area (Å²) in [5, 5.41) is 6.51. The lowest BCUT2D eigenvalue weighted by atomic mass is 10.1. The van der Waals surface area contributed by atoms with Gasteiger partial charge in [-0.15, -0.1) is 24.0 Å². The SMILES string of the molecule is CCNC(=NCc1cccc(CN2CCOC(C)C2)c1)NCC.I. The highest BCUT2D eigenvalue weighted by Gasteiger charge is 2.16. The number of nitrogens with one attached hydrogen (secondary N) is 2. The van der Waals surface area contributed by atoms with Crippen LogP contribution < -0.4 is 10.6 Å². The molecule has 0 aromatic heterocycles. The van der Waals surface area contributed by atoms with Gasteiger partial charge in [-0.2, -0.15) is 0 Å². The number of benzene rings is 1. The highest BCUT2D eigenvalue weighted by molar-refractivity contribution is 14.0. The lowest BCUT2D eigenvalue weighted by Gasteiger charge is -2.31. The fourth-order valence-corrected chi connectivity index (χ4v) is 2.80. The van der Waals surface area contributed by atoms with Crippen molar-refractivity contribution in [2.45, 2.75) is 40.0 Å². The molecule has 1 aromatic carbocycles.